The first-order valence-corrected chi connectivity index (χ1v) is 6.60. The third kappa shape index (κ3) is 1.79. The van der Waals surface area contributed by atoms with Crippen LogP contribution in [0.5, 0.6) is 0 Å². The molecule has 1 saturated heterocycles. The molecular weight excluding hydrogens is 186 g/mol. The van der Waals surface area contributed by atoms with Gasteiger partial charge in [0.1, 0.15) is 0 Å². The molecule has 3 atom stereocenters. The lowest BCUT2D eigenvalue weighted by Gasteiger charge is -2.23. The largest absolute Gasteiger partial charge is 0.343 e. The molecule has 2 heteroatoms. The standard InChI is InChI=1S/C13H21NO/c15-13(14-5-1-2-6-14)9-12-8-10-3-4-11(12)7-10/h10-12H,1-9H2/t10-,11+,12-/m0/s1. The van der Waals surface area contributed by atoms with E-state index in [2.05, 4.69) is 4.90 Å². The number of hydrogen-bond acceptors (Lipinski definition) is 1. The van der Waals surface area contributed by atoms with Crippen LogP contribution in [-0.4, -0.2) is 23.9 Å². The van der Waals surface area contributed by atoms with Gasteiger partial charge in [0.2, 0.25) is 5.91 Å². The second kappa shape index (κ2) is 3.80. The van der Waals surface area contributed by atoms with Crippen LogP contribution in [-0.2, 0) is 4.79 Å². The van der Waals surface area contributed by atoms with Gasteiger partial charge in [-0.1, -0.05) is 6.42 Å². The predicted octanol–water partition coefficient (Wildman–Crippen LogP) is 2.44. The fourth-order valence-corrected chi connectivity index (χ4v) is 3.95. The van der Waals surface area contributed by atoms with Gasteiger partial charge < -0.3 is 4.90 Å². The Hall–Kier alpha value is -0.530. The smallest absolute Gasteiger partial charge is 0.222 e. The summed E-state index contributed by atoms with van der Waals surface area (Å²) in [4.78, 5) is 14.1. The molecule has 15 heavy (non-hydrogen) atoms. The summed E-state index contributed by atoms with van der Waals surface area (Å²) in [6, 6.07) is 0. The minimum absolute atomic E-state index is 0.449. The van der Waals surface area contributed by atoms with Crippen molar-refractivity contribution in [2.45, 2.75) is 44.9 Å². The number of carbonyl (C=O) groups is 1. The fraction of sp³-hybridized carbons (Fsp3) is 0.923. The first-order chi connectivity index (χ1) is 7.33. The molecule has 1 heterocycles. The Balaban J connectivity index is 1.54. The predicted molar refractivity (Wildman–Crippen MR) is 59.4 cm³/mol. The molecule has 0 aromatic rings. The molecule has 3 aliphatic rings. The normalized spacial score (nSPS) is 38.9. The highest BCUT2D eigenvalue weighted by Gasteiger charge is 2.40. The van der Waals surface area contributed by atoms with E-state index >= 15 is 0 Å². The molecule has 2 nitrogen and oxygen atoms in total. The monoisotopic (exact) mass is 207 g/mol. The number of fused-ring (bicyclic) bond motifs is 2. The zero-order valence-corrected chi connectivity index (χ0v) is 9.45. The molecule has 1 amide bonds. The molecule has 0 radical (unpaired) electrons. The molecule has 2 aliphatic carbocycles. The maximum atomic E-state index is 12.0. The van der Waals surface area contributed by atoms with Crippen molar-refractivity contribution in [3.8, 4) is 0 Å². The minimum atomic E-state index is 0.449. The van der Waals surface area contributed by atoms with Crippen LogP contribution in [0.4, 0.5) is 0 Å². The van der Waals surface area contributed by atoms with E-state index in [0.717, 1.165) is 37.3 Å². The summed E-state index contributed by atoms with van der Waals surface area (Å²) in [5, 5.41) is 0. The zero-order chi connectivity index (χ0) is 10.3. The van der Waals surface area contributed by atoms with E-state index in [-0.39, 0.29) is 0 Å². The summed E-state index contributed by atoms with van der Waals surface area (Å²) in [5.74, 6) is 3.08. The molecule has 0 unspecified atom stereocenters. The van der Waals surface area contributed by atoms with Gasteiger partial charge in [-0.25, -0.2) is 0 Å². The minimum Gasteiger partial charge on any atom is -0.343 e. The lowest BCUT2D eigenvalue weighted by atomic mass is 9.86. The molecule has 84 valence electrons. The first-order valence-electron chi connectivity index (χ1n) is 6.60. The summed E-state index contributed by atoms with van der Waals surface area (Å²) < 4.78 is 0. The molecule has 1 aliphatic heterocycles. The number of rotatable bonds is 2. The Kier molecular flexibility index (Phi) is 2.45. The van der Waals surface area contributed by atoms with Gasteiger partial charge in [-0.2, -0.15) is 0 Å². The van der Waals surface area contributed by atoms with Gasteiger partial charge >= 0.3 is 0 Å². The van der Waals surface area contributed by atoms with Crippen molar-refractivity contribution in [2.75, 3.05) is 13.1 Å². The van der Waals surface area contributed by atoms with E-state index in [1.54, 1.807) is 0 Å². The van der Waals surface area contributed by atoms with Crippen LogP contribution in [0.15, 0.2) is 0 Å². The van der Waals surface area contributed by atoms with Crippen molar-refractivity contribution < 1.29 is 4.79 Å². The van der Waals surface area contributed by atoms with Gasteiger partial charge in [0.25, 0.3) is 0 Å². The average Bonchev–Trinajstić information content (AvgIpc) is 2.95. The molecule has 2 bridgehead atoms. The van der Waals surface area contributed by atoms with Gasteiger partial charge in [0.15, 0.2) is 0 Å². The third-order valence-corrected chi connectivity index (χ3v) is 4.78. The Morgan fingerprint density at radius 2 is 1.93 bits per heavy atom. The topological polar surface area (TPSA) is 20.3 Å². The molecular formula is C13H21NO. The molecule has 3 fully saturated rings. The van der Waals surface area contributed by atoms with Gasteiger partial charge in [-0.05, 0) is 49.9 Å². The van der Waals surface area contributed by atoms with Crippen molar-refractivity contribution >= 4 is 5.91 Å². The van der Waals surface area contributed by atoms with Crippen molar-refractivity contribution in [3.63, 3.8) is 0 Å². The Bertz CT molecular complexity index is 257. The Morgan fingerprint density at radius 3 is 2.53 bits per heavy atom. The number of hydrogen-bond donors (Lipinski definition) is 0. The maximum Gasteiger partial charge on any atom is 0.222 e. The lowest BCUT2D eigenvalue weighted by Crippen LogP contribution is -2.30. The molecule has 0 N–H and O–H groups in total. The van der Waals surface area contributed by atoms with Crippen LogP contribution in [0.1, 0.15) is 44.9 Å². The highest BCUT2D eigenvalue weighted by molar-refractivity contribution is 5.76. The van der Waals surface area contributed by atoms with Crippen LogP contribution in [0.2, 0.25) is 0 Å². The van der Waals surface area contributed by atoms with Crippen molar-refractivity contribution in [2.24, 2.45) is 17.8 Å². The summed E-state index contributed by atoms with van der Waals surface area (Å²) >= 11 is 0. The number of carbonyl (C=O) groups excluding carboxylic acids is 1. The van der Waals surface area contributed by atoms with E-state index < -0.39 is 0 Å². The Morgan fingerprint density at radius 1 is 1.13 bits per heavy atom. The number of likely N-dealkylation sites (tertiary alicyclic amines) is 1. The van der Waals surface area contributed by atoms with Crippen molar-refractivity contribution in [1.82, 2.24) is 4.90 Å². The van der Waals surface area contributed by atoms with Crippen LogP contribution >= 0.6 is 0 Å². The average molecular weight is 207 g/mol. The van der Waals surface area contributed by atoms with Crippen LogP contribution in [0.3, 0.4) is 0 Å². The highest BCUT2D eigenvalue weighted by atomic mass is 16.2. The van der Waals surface area contributed by atoms with E-state index in [1.807, 2.05) is 0 Å². The van der Waals surface area contributed by atoms with E-state index in [4.69, 9.17) is 0 Å². The molecule has 0 spiro atoms. The molecule has 0 aromatic carbocycles. The lowest BCUT2D eigenvalue weighted by molar-refractivity contribution is -0.131. The summed E-state index contributed by atoms with van der Waals surface area (Å²) in [6.07, 6.45) is 8.94. The first kappa shape index (κ1) is 9.68. The summed E-state index contributed by atoms with van der Waals surface area (Å²) in [6.45, 7) is 2.05. The summed E-state index contributed by atoms with van der Waals surface area (Å²) in [5.41, 5.74) is 0. The maximum absolute atomic E-state index is 12.0. The van der Waals surface area contributed by atoms with Crippen LogP contribution in [0, 0.1) is 17.8 Å². The van der Waals surface area contributed by atoms with E-state index in [1.165, 1.54) is 38.5 Å². The Labute approximate surface area is 92.0 Å². The third-order valence-electron chi connectivity index (χ3n) is 4.78. The number of nitrogens with zero attached hydrogens (tertiary/aromatic N) is 1. The van der Waals surface area contributed by atoms with Crippen molar-refractivity contribution in [1.29, 1.82) is 0 Å². The molecule has 2 saturated carbocycles. The van der Waals surface area contributed by atoms with E-state index in [0.29, 0.717) is 5.91 Å². The van der Waals surface area contributed by atoms with Gasteiger partial charge in [-0.3, -0.25) is 4.79 Å². The second-order valence-electron chi connectivity index (χ2n) is 5.73. The number of amides is 1. The van der Waals surface area contributed by atoms with Gasteiger partial charge in [0.05, 0.1) is 0 Å². The van der Waals surface area contributed by atoms with Gasteiger partial charge in [-0.15, -0.1) is 0 Å². The van der Waals surface area contributed by atoms with Crippen LogP contribution in [0.25, 0.3) is 0 Å². The fourth-order valence-electron chi connectivity index (χ4n) is 3.95. The highest BCUT2D eigenvalue weighted by Crippen LogP contribution is 2.49. The zero-order valence-electron chi connectivity index (χ0n) is 9.45. The second-order valence-corrected chi connectivity index (χ2v) is 5.73. The summed E-state index contributed by atoms with van der Waals surface area (Å²) in [7, 11) is 0. The molecule has 0 aromatic heterocycles. The molecule has 3 rings (SSSR count). The van der Waals surface area contributed by atoms with Crippen LogP contribution < -0.4 is 0 Å². The van der Waals surface area contributed by atoms with Gasteiger partial charge in [0, 0.05) is 19.5 Å². The quantitative estimate of drug-likeness (QED) is 0.681. The SMILES string of the molecule is O=C(C[C@@H]1C[C@H]2CC[C@@H]1C2)N1CCCC1. The van der Waals surface area contributed by atoms with E-state index in [9.17, 15) is 4.79 Å². The van der Waals surface area contributed by atoms with Crippen molar-refractivity contribution in [3.05, 3.63) is 0 Å².